The van der Waals surface area contributed by atoms with Crippen LogP contribution in [0.25, 0.3) is 80.2 Å². The molecular weight excluding hydrogens is 667 g/mol. The molecule has 0 saturated carbocycles. The molecule has 0 fully saturated rings. The molecular formula is C48H29N3OS. The molecule has 1 atom stereocenters. The Balaban J connectivity index is 1.15. The zero-order valence-corrected chi connectivity index (χ0v) is 29.2. The van der Waals surface area contributed by atoms with Crippen molar-refractivity contribution in [3.8, 4) is 5.69 Å². The number of benzene rings is 8. The van der Waals surface area contributed by atoms with Gasteiger partial charge in [-0.2, -0.15) is 0 Å². The van der Waals surface area contributed by atoms with Gasteiger partial charge in [0.15, 0.2) is 0 Å². The van der Waals surface area contributed by atoms with E-state index in [9.17, 15) is 0 Å². The highest BCUT2D eigenvalue weighted by Crippen LogP contribution is 2.50. The third-order valence-electron chi connectivity index (χ3n) is 11.0. The van der Waals surface area contributed by atoms with Crippen LogP contribution in [0.4, 0.5) is 11.6 Å². The van der Waals surface area contributed by atoms with Crippen molar-refractivity contribution in [2.75, 3.05) is 5.32 Å². The molecule has 1 unspecified atom stereocenters. The molecule has 1 aliphatic rings. The van der Waals surface area contributed by atoms with E-state index in [1.807, 2.05) is 29.5 Å². The zero-order valence-electron chi connectivity index (χ0n) is 28.4. The fourth-order valence-corrected chi connectivity index (χ4v) is 10.1. The molecule has 4 heterocycles. The quantitative estimate of drug-likeness (QED) is 0.200. The minimum Gasteiger partial charge on any atom is -0.436 e. The second-order valence-electron chi connectivity index (χ2n) is 13.9. The van der Waals surface area contributed by atoms with Gasteiger partial charge in [0.05, 0.1) is 22.8 Å². The van der Waals surface area contributed by atoms with Gasteiger partial charge in [-0.25, -0.2) is 4.99 Å². The summed E-state index contributed by atoms with van der Waals surface area (Å²) in [6.07, 6.45) is 0. The van der Waals surface area contributed by atoms with Crippen LogP contribution >= 0.6 is 11.3 Å². The molecule has 0 bridgehead atoms. The molecule has 0 spiro atoms. The predicted octanol–water partition coefficient (Wildman–Crippen LogP) is 13.5. The Morgan fingerprint density at radius 1 is 0.566 bits per heavy atom. The van der Waals surface area contributed by atoms with E-state index < -0.39 is 0 Å². The normalized spacial score (nSPS) is 14.5. The summed E-state index contributed by atoms with van der Waals surface area (Å²) in [5, 5.41) is 15.3. The Morgan fingerprint density at radius 2 is 1.30 bits per heavy atom. The molecule has 0 aliphatic carbocycles. The van der Waals surface area contributed by atoms with Gasteiger partial charge in [0.1, 0.15) is 11.3 Å². The highest BCUT2D eigenvalue weighted by atomic mass is 32.1. The van der Waals surface area contributed by atoms with Crippen LogP contribution in [-0.2, 0) is 0 Å². The number of thiophene rings is 1. The average molecular weight is 696 g/mol. The maximum atomic E-state index is 6.28. The molecule has 0 amide bonds. The number of hydrogen-bond donors (Lipinski definition) is 1. The van der Waals surface area contributed by atoms with E-state index in [2.05, 4.69) is 155 Å². The Hall–Kier alpha value is -6.69. The van der Waals surface area contributed by atoms with Gasteiger partial charge in [0.25, 0.3) is 0 Å². The van der Waals surface area contributed by atoms with E-state index in [-0.39, 0.29) is 6.04 Å². The van der Waals surface area contributed by atoms with E-state index in [1.54, 1.807) is 0 Å². The SMILES string of the molecule is c1ccc(C2=Nc3oc4ccccc4c3NC2c2cccc(-n3c4ccccc4c4c5c6ccc7ccccc7c6sc5c5ccccc5c43)c2)cc1. The highest BCUT2D eigenvalue weighted by molar-refractivity contribution is 7.27. The molecule has 1 N–H and O–H groups in total. The van der Waals surface area contributed by atoms with Gasteiger partial charge in [0, 0.05) is 52.8 Å². The maximum Gasteiger partial charge on any atom is 0.244 e. The Morgan fingerprint density at radius 3 is 2.19 bits per heavy atom. The van der Waals surface area contributed by atoms with Crippen LogP contribution in [0.1, 0.15) is 17.2 Å². The molecule has 3 aromatic heterocycles. The van der Waals surface area contributed by atoms with Crippen molar-refractivity contribution in [2.45, 2.75) is 6.04 Å². The lowest BCUT2D eigenvalue weighted by Gasteiger charge is -2.26. The first-order chi connectivity index (χ1) is 26.3. The minimum atomic E-state index is -0.198. The summed E-state index contributed by atoms with van der Waals surface area (Å²) in [4.78, 5) is 5.20. The third kappa shape index (κ3) is 4.08. The summed E-state index contributed by atoms with van der Waals surface area (Å²) < 4.78 is 11.4. The average Bonchev–Trinajstić information content (AvgIpc) is 3.91. The lowest BCUT2D eigenvalue weighted by molar-refractivity contribution is 0.623. The zero-order chi connectivity index (χ0) is 34.6. The van der Waals surface area contributed by atoms with Gasteiger partial charge in [0.2, 0.25) is 5.88 Å². The number of nitrogens with one attached hydrogen (secondary N) is 1. The van der Waals surface area contributed by atoms with Crippen molar-refractivity contribution in [2.24, 2.45) is 4.99 Å². The number of hydrogen-bond acceptors (Lipinski definition) is 4. The van der Waals surface area contributed by atoms with Gasteiger partial charge in [-0.15, -0.1) is 11.3 Å². The fourth-order valence-electron chi connectivity index (χ4n) is 8.73. The Kier molecular flexibility index (Phi) is 5.96. The van der Waals surface area contributed by atoms with Crippen molar-refractivity contribution in [3.63, 3.8) is 0 Å². The second-order valence-corrected chi connectivity index (χ2v) is 14.9. The molecule has 1 aliphatic heterocycles. The number of aliphatic imine (C=N–C) groups is 1. The summed E-state index contributed by atoms with van der Waals surface area (Å²) in [6.45, 7) is 0. The first-order valence-corrected chi connectivity index (χ1v) is 18.8. The van der Waals surface area contributed by atoms with E-state index in [4.69, 9.17) is 9.41 Å². The third-order valence-corrected chi connectivity index (χ3v) is 12.3. The van der Waals surface area contributed by atoms with Crippen molar-refractivity contribution < 1.29 is 4.42 Å². The fraction of sp³-hybridized carbons (Fsp3) is 0.0208. The maximum absolute atomic E-state index is 6.28. The van der Waals surface area contributed by atoms with Gasteiger partial charge >= 0.3 is 0 Å². The molecule has 0 saturated heterocycles. The molecule has 4 nitrogen and oxygen atoms in total. The molecule has 11 aromatic rings. The number of nitrogens with zero attached hydrogens (tertiary/aromatic N) is 2. The minimum absolute atomic E-state index is 0.198. The van der Waals surface area contributed by atoms with Gasteiger partial charge in [-0.3, -0.25) is 0 Å². The highest BCUT2D eigenvalue weighted by Gasteiger charge is 2.30. The van der Waals surface area contributed by atoms with Crippen molar-refractivity contribution in [1.82, 2.24) is 4.57 Å². The topological polar surface area (TPSA) is 42.5 Å². The lowest BCUT2D eigenvalue weighted by atomic mass is 9.94. The molecule has 5 heteroatoms. The van der Waals surface area contributed by atoms with E-state index in [0.717, 1.165) is 39.2 Å². The van der Waals surface area contributed by atoms with Crippen LogP contribution in [0.15, 0.2) is 173 Å². The van der Waals surface area contributed by atoms with Gasteiger partial charge < -0.3 is 14.3 Å². The van der Waals surface area contributed by atoms with Crippen molar-refractivity contribution >= 4 is 103 Å². The number of furan rings is 1. The smallest absolute Gasteiger partial charge is 0.244 e. The van der Waals surface area contributed by atoms with Crippen LogP contribution in [0.3, 0.4) is 0 Å². The van der Waals surface area contributed by atoms with E-state index >= 15 is 0 Å². The summed E-state index contributed by atoms with van der Waals surface area (Å²) >= 11 is 1.93. The Labute approximate surface area is 307 Å². The van der Waals surface area contributed by atoms with E-state index in [1.165, 1.54) is 63.5 Å². The summed E-state index contributed by atoms with van der Waals surface area (Å²) in [6, 6.07) is 58.6. The largest absolute Gasteiger partial charge is 0.436 e. The van der Waals surface area contributed by atoms with Crippen molar-refractivity contribution in [3.05, 3.63) is 175 Å². The van der Waals surface area contributed by atoms with Crippen LogP contribution in [0, 0.1) is 0 Å². The number of fused-ring (bicyclic) bond motifs is 15. The van der Waals surface area contributed by atoms with E-state index in [0.29, 0.717) is 5.88 Å². The standard InChI is InChI=1S/C48H29N3OS/c1-2-14-29(15-3-1)42-43(49-44-36-22-9-11-24-39(36)52-48(44)50-42)30-16-12-17-31(27-30)51-38-23-10-8-21-35(38)40-41-37-26-25-28-13-4-5-18-32(28)46(37)53-47(41)34-20-7-6-19-33(34)45(40)51/h1-27,43,49H. The summed E-state index contributed by atoms with van der Waals surface area (Å²) in [5.74, 6) is 0.617. The summed E-state index contributed by atoms with van der Waals surface area (Å²) in [7, 11) is 0. The predicted molar refractivity (Wildman–Crippen MR) is 224 cm³/mol. The first kappa shape index (κ1) is 28.9. The number of para-hydroxylation sites is 2. The van der Waals surface area contributed by atoms with Crippen LogP contribution in [0.2, 0.25) is 0 Å². The molecule has 0 radical (unpaired) electrons. The lowest BCUT2D eigenvalue weighted by Crippen LogP contribution is -2.24. The Bertz CT molecular complexity index is 3330. The molecule has 8 aromatic carbocycles. The monoisotopic (exact) mass is 695 g/mol. The van der Waals surface area contributed by atoms with Crippen LogP contribution < -0.4 is 5.32 Å². The van der Waals surface area contributed by atoms with Crippen LogP contribution in [-0.4, -0.2) is 10.3 Å². The van der Waals surface area contributed by atoms with Crippen LogP contribution in [0.5, 0.6) is 0 Å². The molecule has 53 heavy (non-hydrogen) atoms. The number of aromatic nitrogens is 1. The number of anilines is 1. The number of rotatable bonds is 3. The molecule has 12 rings (SSSR count). The van der Waals surface area contributed by atoms with Gasteiger partial charge in [-0.1, -0.05) is 133 Å². The summed E-state index contributed by atoms with van der Waals surface area (Å²) in [5.41, 5.74) is 8.41. The molecule has 248 valence electrons. The van der Waals surface area contributed by atoms with Crippen molar-refractivity contribution in [1.29, 1.82) is 0 Å². The van der Waals surface area contributed by atoms with Gasteiger partial charge in [-0.05, 0) is 52.2 Å². The first-order valence-electron chi connectivity index (χ1n) is 18.0. The second kappa shape index (κ2) is 10.9.